The molecule has 0 aliphatic heterocycles. The Bertz CT molecular complexity index is 857. The van der Waals surface area contributed by atoms with Crippen LogP contribution in [0.3, 0.4) is 0 Å². The van der Waals surface area contributed by atoms with Crippen molar-refractivity contribution in [2.45, 2.75) is 31.9 Å². The molecule has 0 aliphatic rings. The summed E-state index contributed by atoms with van der Waals surface area (Å²) in [6.07, 6.45) is 3.54. The van der Waals surface area contributed by atoms with Crippen LogP contribution in [-0.2, 0) is 11.3 Å². The molecule has 1 amide bonds. The molecule has 134 valence electrons. The Morgan fingerprint density at radius 2 is 1.77 bits per heavy atom. The van der Waals surface area contributed by atoms with Crippen molar-refractivity contribution in [2.75, 3.05) is 0 Å². The molecule has 0 saturated carbocycles. The van der Waals surface area contributed by atoms with Gasteiger partial charge in [0.05, 0.1) is 6.54 Å². The highest BCUT2D eigenvalue weighted by molar-refractivity contribution is 5.85. The van der Waals surface area contributed by atoms with Crippen molar-refractivity contribution >= 4 is 5.91 Å². The minimum atomic E-state index is -1.52. The van der Waals surface area contributed by atoms with E-state index in [0.717, 1.165) is 11.3 Å². The van der Waals surface area contributed by atoms with Crippen LogP contribution in [0.2, 0.25) is 0 Å². The third kappa shape index (κ3) is 3.68. The van der Waals surface area contributed by atoms with Crippen LogP contribution in [-0.4, -0.2) is 26.2 Å². The highest BCUT2D eigenvalue weighted by Crippen LogP contribution is 2.28. The van der Waals surface area contributed by atoms with Gasteiger partial charge < -0.3 is 15.0 Å². The molecule has 2 atom stereocenters. The lowest BCUT2D eigenvalue weighted by molar-refractivity contribution is -0.140. The number of aliphatic hydroxyl groups is 1. The molecular formula is C21H23N3O2. The van der Waals surface area contributed by atoms with Crippen LogP contribution in [0, 0.1) is 0 Å². The van der Waals surface area contributed by atoms with Crippen LogP contribution in [0.1, 0.15) is 31.2 Å². The van der Waals surface area contributed by atoms with E-state index in [-0.39, 0.29) is 12.5 Å². The van der Waals surface area contributed by atoms with Crippen LogP contribution >= 0.6 is 0 Å². The van der Waals surface area contributed by atoms with E-state index in [1.807, 2.05) is 78.4 Å². The smallest absolute Gasteiger partial charge is 0.252 e. The number of nitrogens with zero attached hydrogens (tertiary/aromatic N) is 2. The molecule has 2 N–H and O–H groups in total. The average Bonchev–Trinajstić information content (AvgIpc) is 3.15. The number of benzene rings is 2. The van der Waals surface area contributed by atoms with E-state index < -0.39 is 11.5 Å². The van der Waals surface area contributed by atoms with E-state index in [9.17, 15) is 9.90 Å². The van der Waals surface area contributed by atoms with Gasteiger partial charge in [-0.3, -0.25) is 4.79 Å². The number of hydrogen-bond donors (Lipinski definition) is 2. The molecule has 2 aromatic carbocycles. The number of nitrogens with one attached hydrogen (secondary N) is 1. The zero-order chi connectivity index (χ0) is 18.6. The summed E-state index contributed by atoms with van der Waals surface area (Å²) >= 11 is 0. The van der Waals surface area contributed by atoms with E-state index in [2.05, 4.69) is 10.3 Å². The zero-order valence-electron chi connectivity index (χ0n) is 15.0. The second-order valence-corrected chi connectivity index (χ2v) is 6.51. The molecule has 26 heavy (non-hydrogen) atoms. The van der Waals surface area contributed by atoms with Gasteiger partial charge in [-0.2, -0.15) is 0 Å². The first-order valence-corrected chi connectivity index (χ1v) is 8.63. The van der Waals surface area contributed by atoms with Crippen LogP contribution in [0.15, 0.2) is 73.1 Å². The Kier molecular flexibility index (Phi) is 5.19. The second kappa shape index (κ2) is 7.54. The van der Waals surface area contributed by atoms with Gasteiger partial charge in [0.1, 0.15) is 11.4 Å². The monoisotopic (exact) mass is 349 g/mol. The zero-order valence-corrected chi connectivity index (χ0v) is 15.0. The van der Waals surface area contributed by atoms with Gasteiger partial charge in [-0.15, -0.1) is 0 Å². The highest BCUT2D eigenvalue weighted by Gasteiger charge is 2.37. The molecule has 0 spiro atoms. The van der Waals surface area contributed by atoms with E-state index in [1.54, 1.807) is 13.1 Å². The van der Waals surface area contributed by atoms with E-state index >= 15 is 0 Å². The Hall–Kier alpha value is -2.92. The number of amides is 1. The first kappa shape index (κ1) is 17.9. The standard InChI is InChI=1S/C21H23N3O2/c1-16(17-9-5-3-6-10-17)21(2,26)20(25)23-15-19-22-13-14-24(19)18-11-7-4-8-12-18/h3-14,16,26H,15H2,1-2H3,(H,23,25)/t16-,21-/m0/s1. The minimum absolute atomic E-state index is 0.235. The third-order valence-corrected chi connectivity index (χ3v) is 4.76. The fourth-order valence-electron chi connectivity index (χ4n) is 2.89. The molecule has 0 aliphatic carbocycles. The van der Waals surface area contributed by atoms with Crippen molar-refractivity contribution < 1.29 is 9.90 Å². The predicted molar refractivity (Wildman–Crippen MR) is 101 cm³/mol. The molecule has 0 radical (unpaired) electrons. The second-order valence-electron chi connectivity index (χ2n) is 6.51. The normalized spacial score (nSPS) is 14.4. The molecule has 0 bridgehead atoms. The maximum Gasteiger partial charge on any atom is 0.252 e. The fraction of sp³-hybridized carbons (Fsp3) is 0.238. The van der Waals surface area contributed by atoms with E-state index in [0.29, 0.717) is 5.82 Å². The van der Waals surface area contributed by atoms with Crippen LogP contribution < -0.4 is 5.32 Å². The van der Waals surface area contributed by atoms with Crippen molar-refractivity contribution in [1.82, 2.24) is 14.9 Å². The fourth-order valence-corrected chi connectivity index (χ4v) is 2.89. The molecule has 1 heterocycles. The van der Waals surface area contributed by atoms with Gasteiger partial charge in [-0.05, 0) is 24.6 Å². The summed E-state index contributed by atoms with van der Waals surface area (Å²) in [4.78, 5) is 16.9. The quantitative estimate of drug-likeness (QED) is 0.719. The lowest BCUT2D eigenvalue weighted by Gasteiger charge is -2.29. The molecule has 3 rings (SSSR count). The number of carbonyl (C=O) groups is 1. The first-order chi connectivity index (χ1) is 12.5. The van der Waals surface area contributed by atoms with Crippen molar-refractivity contribution in [3.63, 3.8) is 0 Å². The van der Waals surface area contributed by atoms with Crippen LogP contribution in [0.4, 0.5) is 0 Å². The maximum absolute atomic E-state index is 12.6. The van der Waals surface area contributed by atoms with Gasteiger partial charge >= 0.3 is 0 Å². The molecule has 0 saturated heterocycles. The molecule has 5 nitrogen and oxygen atoms in total. The molecule has 3 aromatic rings. The summed E-state index contributed by atoms with van der Waals surface area (Å²) in [5, 5.41) is 13.6. The van der Waals surface area contributed by atoms with E-state index in [4.69, 9.17) is 0 Å². The topological polar surface area (TPSA) is 67.2 Å². The van der Waals surface area contributed by atoms with Crippen LogP contribution in [0.25, 0.3) is 5.69 Å². The van der Waals surface area contributed by atoms with Crippen LogP contribution in [0.5, 0.6) is 0 Å². The SMILES string of the molecule is C[C@@H](c1ccccc1)[C@](C)(O)C(=O)NCc1nccn1-c1ccccc1. The van der Waals surface area contributed by atoms with Gasteiger partial charge in [0.25, 0.3) is 5.91 Å². The maximum atomic E-state index is 12.6. The van der Waals surface area contributed by atoms with Gasteiger partial charge in [-0.1, -0.05) is 55.5 Å². The predicted octanol–water partition coefficient (Wildman–Crippen LogP) is 3.04. The number of carbonyl (C=O) groups excluding carboxylic acids is 1. The van der Waals surface area contributed by atoms with Gasteiger partial charge in [-0.25, -0.2) is 4.98 Å². The Morgan fingerprint density at radius 1 is 1.15 bits per heavy atom. The van der Waals surface area contributed by atoms with Gasteiger partial charge in [0.2, 0.25) is 0 Å². The number of hydrogen-bond acceptors (Lipinski definition) is 3. The highest BCUT2D eigenvalue weighted by atomic mass is 16.3. The Morgan fingerprint density at radius 3 is 2.42 bits per heavy atom. The summed E-state index contributed by atoms with van der Waals surface area (Å²) in [5.41, 5.74) is 0.364. The van der Waals surface area contributed by atoms with Crippen molar-refractivity contribution in [3.05, 3.63) is 84.4 Å². The average molecular weight is 349 g/mol. The van der Waals surface area contributed by atoms with Crippen molar-refractivity contribution in [3.8, 4) is 5.69 Å². The number of rotatable bonds is 6. The first-order valence-electron chi connectivity index (χ1n) is 8.63. The van der Waals surface area contributed by atoms with Crippen molar-refractivity contribution in [2.24, 2.45) is 0 Å². The molecule has 0 unspecified atom stereocenters. The Balaban J connectivity index is 1.70. The number of imidazole rings is 1. The molecule has 0 fully saturated rings. The molecule has 5 heteroatoms. The van der Waals surface area contributed by atoms with Gasteiger partial charge in [0, 0.05) is 24.0 Å². The number of aromatic nitrogens is 2. The summed E-state index contributed by atoms with van der Waals surface area (Å²) in [7, 11) is 0. The minimum Gasteiger partial charge on any atom is -0.380 e. The summed E-state index contributed by atoms with van der Waals surface area (Å²) < 4.78 is 1.91. The lowest BCUT2D eigenvalue weighted by atomic mass is 9.84. The Labute approximate surface area is 153 Å². The molecule has 1 aromatic heterocycles. The largest absolute Gasteiger partial charge is 0.380 e. The number of para-hydroxylation sites is 1. The third-order valence-electron chi connectivity index (χ3n) is 4.76. The van der Waals surface area contributed by atoms with Crippen molar-refractivity contribution in [1.29, 1.82) is 0 Å². The van der Waals surface area contributed by atoms with E-state index in [1.165, 1.54) is 0 Å². The summed E-state index contributed by atoms with van der Waals surface area (Å²) in [5.74, 6) is -0.0539. The summed E-state index contributed by atoms with van der Waals surface area (Å²) in [6, 6.07) is 19.3. The lowest BCUT2D eigenvalue weighted by Crippen LogP contribution is -2.48. The summed E-state index contributed by atoms with van der Waals surface area (Å²) in [6.45, 7) is 3.63. The molecular weight excluding hydrogens is 326 g/mol. The van der Waals surface area contributed by atoms with Gasteiger partial charge in [0.15, 0.2) is 0 Å².